The molecule has 0 amide bonds. The number of hydrogen-bond acceptors (Lipinski definition) is 3. The zero-order valence-electron chi connectivity index (χ0n) is 31.2. The van der Waals surface area contributed by atoms with E-state index in [0.29, 0.717) is 0 Å². The van der Waals surface area contributed by atoms with Gasteiger partial charge in [0.1, 0.15) is 11.2 Å². The van der Waals surface area contributed by atoms with Crippen LogP contribution in [0.4, 0.5) is 28.4 Å². The molecule has 0 saturated heterocycles. The van der Waals surface area contributed by atoms with Gasteiger partial charge in [-0.25, -0.2) is 0 Å². The number of hydrogen-bond donors (Lipinski definition) is 0. The van der Waals surface area contributed by atoms with Crippen molar-refractivity contribution in [2.45, 2.75) is 77.6 Å². The molecule has 4 heterocycles. The molecule has 4 aliphatic rings. The fourth-order valence-corrected chi connectivity index (χ4v) is 10.5. The quantitative estimate of drug-likeness (QED) is 0.162. The van der Waals surface area contributed by atoms with E-state index in [2.05, 4.69) is 167 Å². The molecule has 1 aliphatic carbocycles. The molecule has 7 aromatic rings. The van der Waals surface area contributed by atoms with Crippen LogP contribution in [0.1, 0.15) is 82.2 Å². The summed E-state index contributed by atoms with van der Waals surface area (Å²) in [6.07, 6.45) is 2.38. The molecule has 4 heteroatoms. The summed E-state index contributed by atoms with van der Waals surface area (Å²) in [5.74, 6) is 0. The molecule has 0 bridgehead atoms. The minimum absolute atomic E-state index is 0.0151. The number of fused-ring (bicyclic) bond motifs is 10. The lowest BCUT2D eigenvalue weighted by atomic mass is 9.42. The normalized spacial score (nSPS) is 18.1. The van der Waals surface area contributed by atoms with Gasteiger partial charge in [0, 0.05) is 44.5 Å². The highest BCUT2D eigenvalue weighted by molar-refractivity contribution is 6.93. The van der Waals surface area contributed by atoms with Crippen LogP contribution in [0.3, 0.4) is 0 Å². The third-order valence-electron chi connectivity index (χ3n) is 13.3. The van der Waals surface area contributed by atoms with Crippen LogP contribution in [0, 0.1) is 6.92 Å². The van der Waals surface area contributed by atoms with Crippen LogP contribution < -0.4 is 20.6 Å². The van der Waals surface area contributed by atoms with Crippen LogP contribution in [-0.2, 0) is 16.2 Å². The summed E-state index contributed by atoms with van der Waals surface area (Å²) in [7, 11) is 0. The predicted molar refractivity (Wildman–Crippen MR) is 220 cm³/mol. The number of para-hydroxylation sites is 3. The minimum Gasteiger partial charge on any atom is -0.456 e. The number of aryl methyl sites for hydroxylation is 1. The highest BCUT2D eigenvalue weighted by Gasteiger charge is 2.50. The van der Waals surface area contributed by atoms with Gasteiger partial charge in [-0.2, -0.15) is 0 Å². The van der Waals surface area contributed by atoms with E-state index < -0.39 is 0 Å². The average Bonchev–Trinajstić information content (AvgIpc) is 3.50. The fraction of sp³-hybridized carbons (Fsp3) is 0.250. The molecule has 0 radical (unpaired) electrons. The molecule has 0 saturated carbocycles. The first-order chi connectivity index (χ1) is 24.9. The fourth-order valence-electron chi connectivity index (χ4n) is 10.5. The molecule has 3 aliphatic heterocycles. The van der Waals surface area contributed by atoms with E-state index in [4.69, 9.17) is 4.42 Å². The first-order valence-electron chi connectivity index (χ1n) is 19.0. The summed E-state index contributed by atoms with van der Waals surface area (Å²) in [4.78, 5) is 5.28. The third kappa shape index (κ3) is 3.78. The molecule has 0 N–H and O–H groups in total. The van der Waals surface area contributed by atoms with Crippen molar-refractivity contribution < 1.29 is 4.42 Å². The zero-order valence-corrected chi connectivity index (χ0v) is 31.2. The zero-order chi connectivity index (χ0) is 35.5. The highest BCUT2D eigenvalue weighted by Crippen LogP contribution is 2.56. The maximum absolute atomic E-state index is 6.59. The largest absolute Gasteiger partial charge is 0.456 e. The van der Waals surface area contributed by atoms with E-state index in [0.717, 1.165) is 21.9 Å². The van der Waals surface area contributed by atoms with Gasteiger partial charge in [0.05, 0.1) is 5.69 Å². The van der Waals surface area contributed by atoms with Gasteiger partial charge in [-0.3, -0.25) is 0 Å². The topological polar surface area (TPSA) is 19.6 Å². The molecule has 254 valence electrons. The Morgan fingerprint density at radius 2 is 1.33 bits per heavy atom. The van der Waals surface area contributed by atoms with Crippen molar-refractivity contribution in [1.29, 1.82) is 0 Å². The molecule has 0 spiro atoms. The molecule has 11 rings (SSSR count). The average molecular weight is 675 g/mol. The Bertz CT molecular complexity index is 2710. The lowest BCUT2D eigenvalue weighted by molar-refractivity contribution is 0.332. The van der Waals surface area contributed by atoms with Crippen molar-refractivity contribution in [3.05, 3.63) is 137 Å². The number of benzene rings is 6. The molecule has 1 aromatic heterocycles. The minimum atomic E-state index is -0.150. The Hall–Kier alpha value is -5.22. The third-order valence-corrected chi connectivity index (χ3v) is 13.3. The van der Waals surface area contributed by atoms with Gasteiger partial charge in [-0.15, -0.1) is 0 Å². The Morgan fingerprint density at radius 1 is 0.577 bits per heavy atom. The second-order valence-corrected chi connectivity index (χ2v) is 17.7. The van der Waals surface area contributed by atoms with Gasteiger partial charge in [0.15, 0.2) is 0 Å². The SMILES string of the molecule is Cc1cc2c3c(c1)N1c4ccccc4C(C)(C)c4cccc(c41)B3N(c1ccc3c(c1)C(C)(C)CCC3(C)C)c1cc3c(cc1-2)oc1ccccc13. The predicted octanol–water partition coefficient (Wildman–Crippen LogP) is 11.6. The van der Waals surface area contributed by atoms with E-state index in [9.17, 15) is 0 Å². The molecule has 0 unspecified atom stereocenters. The van der Waals surface area contributed by atoms with Gasteiger partial charge >= 0.3 is 6.85 Å². The summed E-state index contributed by atoms with van der Waals surface area (Å²) in [5, 5.41) is 2.33. The maximum Gasteiger partial charge on any atom is 0.333 e. The summed E-state index contributed by atoms with van der Waals surface area (Å²) in [6, 6.07) is 41.7. The van der Waals surface area contributed by atoms with Gasteiger partial charge in [-0.05, 0) is 117 Å². The molecular formula is C48H43BN2O. The maximum atomic E-state index is 6.59. The van der Waals surface area contributed by atoms with Gasteiger partial charge in [0.25, 0.3) is 0 Å². The van der Waals surface area contributed by atoms with Crippen molar-refractivity contribution in [1.82, 2.24) is 0 Å². The Morgan fingerprint density at radius 3 is 2.17 bits per heavy atom. The van der Waals surface area contributed by atoms with Crippen LogP contribution in [-0.4, -0.2) is 6.85 Å². The van der Waals surface area contributed by atoms with E-state index in [1.807, 2.05) is 0 Å². The Kier molecular flexibility index (Phi) is 5.73. The summed E-state index contributed by atoms with van der Waals surface area (Å²) in [6.45, 7) is 16.8. The van der Waals surface area contributed by atoms with E-state index in [1.165, 1.54) is 91.1 Å². The molecule has 6 aromatic carbocycles. The van der Waals surface area contributed by atoms with Crippen LogP contribution in [0.2, 0.25) is 0 Å². The molecule has 3 nitrogen and oxygen atoms in total. The van der Waals surface area contributed by atoms with Gasteiger partial charge in [0.2, 0.25) is 0 Å². The summed E-state index contributed by atoms with van der Waals surface area (Å²) < 4.78 is 6.59. The van der Waals surface area contributed by atoms with E-state index >= 15 is 0 Å². The van der Waals surface area contributed by atoms with Crippen LogP contribution in [0.25, 0.3) is 33.1 Å². The second kappa shape index (κ2) is 9.80. The van der Waals surface area contributed by atoms with Crippen molar-refractivity contribution in [3.63, 3.8) is 0 Å². The first-order valence-corrected chi connectivity index (χ1v) is 19.0. The Labute approximate surface area is 307 Å². The standard InChI is InChI=1S/C48H43BN2O/c1-28-23-33-31-27-43-32(30-13-8-11-18-42(30)52-43)26-40(31)51(29-19-20-34-37(25-29)47(4,5)22-21-46(34,2)3)49-38-16-12-15-36-45(38)50(41(24-28)44(33)49)39-17-10-9-14-35(39)48(36,6)7/h8-20,23-27H,21-22H2,1-7H3. The summed E-state index contributed by atoms with van der Waals surface area (Å²) in [5.41, 5.74) is 20.6. The van der Waals surface area contributed by atoms with Gasteiger partial charge in [-0.1, -0.05) is 108 Å². The van der Waals surface area contributed by atoms with E-state index in [-0.39, 0.29) is 23.1 Å². The van der Waals surface area contributed by atoms with Gasteiger partial charge < -0.3 is 14.1 Å². The van der Waals surface area contributed by atoms with E-state index in [1.54, 1.807) is 0 Å². The molecular weight excluding hydrogens is 631 g/mol. The molecule has 0 fully saturated rings. The van der Waals surface area contributed by atoms with Crippen molar-refractivity contribution in [2.75, 3.05) is 9.71 Å². The number of nitrogens with zero attached hydrogens (tertiary/aromatic N) is 2. The molecule has 0 atom stereocenters. The van der Waals surface area contributed by atoms with Crippen LogP contribution in [0.5, 0.6) is 0 Å². The number of rotatable bonds is 1. The lowest BCUT2D eigenvalue weighted by Crippen LogP contribution is -2.62. The molecule has 52 heavy (non-hydrogen) atoms. The monoisotopic (exact) mass is 674 g/mol. The second-order valence-electron chi connectivity index (χ2n) is 17.7. The Balaban J connectivity index is 1.28. The highest BCUT2D eigenvalue weighted by atomic mass is 16.3. The van der Waals surface area contributed by atoms with Crippen molar-refractivity contribution >= 4 is 68.1 Å². The van der Waals surface area contributed by atoms with Crippen LogP contribution >= 0.6 is 0 Å². The lowest BCUT2D eigenvalue weighted by Gasteiger charge is -2.50. The number of furan rings is 1. The smallest absolute Gasteiger partial charge is 0.333 e. The first kappa shape index (κ1) is 30.4. The van der Waals surface area contributed by atoms with Crippen molar-refractivity contribution in [3.8, 4) is 11.1 Å². The summed E-state index contributed by atoms with van der Waals surface area (Å²) >= 11 is 0. The van der Waals surface area contributed by atoms with Crippen molar-refractivity contribution in [2.24, 2.45) is 0 Å². The van der Waals surface area contributed by atoms with Crippen LogP contribution in [0.15, 0.2) is 114 Å². The number of anilines is 5.